The van der Waals surface area contributed by atoms with Crippen LogP contribution in [0.2, 0.25) is 0 Å². The van der Waals surface area contributed by atoms with E-state index in [4.69, 9.17) is 0 Å². The van der Waals surface area contributed by atoms with Crippen LogP contribution in [0.25, 0.3) is 0 Å². The van der Waals surface area contributed by atoms with Gasteiger partial charge in [0.15, 0.2) is 0 Å². The first-order valence-corrected chi connectivity index (χ1v) is 4.95. The summed E-state index contributed by atoms with van der Waals surface area (Å²) in [6, 6.07) is 2.28. The van der Waals surface area contributed by atoms with E-state index in [1.165, 1.54) is 0 Å². The van der Waals surface area contributed by atoms with Crippen LogP contribution in [0.3, 0.4) is 0 Å². The largest absolute Gasteiger partial charge is 0.354 e. The summed E-state index contributed by atoms with van der Waals surface area (Å²) in [5.74, 6) is 0.548. The molecule has 0 aromatic rings. The molecule has 0 unspecified atom stereocenters. The molecule has 1 amide bonds. The van der Waals surface area contributed by atoms with E-state index in [0.29, 0.717) is 12.5 Å². The van der Waals surface area contributed by atoms with E-state index >= 15 is 0 Å². The second-order valence-electron chi connectivity index (χ2n) is 4.07. The summed E-state index contributed by atoms with van der Waals surface area (Å²) in [5.41, 5.74) is -0.672. The van der Waals surface area contributed by atoms with Crippen molar-refractivity contribution >= 4 is 5.91 Å². The van der Waals surface area contributed by atoms with Crippen LogP contribution in [0.1, 0.15) is 26.2 Å². The minimum absolute atomic E-state index is 0.0237. The second kappa shape index (κ2) is 2.73. The first-order valence-electron chi connectivity index (χ1n) is 4.95. The number of nitrogens with one attached hydrogen (secondary N) is 1. The fourth-order valence-electron chi connectivity index (χ4n) is 2.47. The van der Waals surface area contributed by atoms with Crippen molar-refractivity contribution in [2.24, 2.45) is 17.3 Å². The number of amides is 1. The highest BCUT2D eigenvalue weighted by molar-refractivity contribution is 5.88. The summed E-state index contributed by atoms with van der Waals surface area (Å²) in [7, 11) is 0. The number of nitrogens with zero attached hydrogens (tertiary/aromatic N) is 1. The zero-order valence-electron chi connectivity index (χ0n) is 7.84. The van der Waals surface area contributed by atoms with E-state index in [-0.39, 0.29) is 11.8 Å². The second-order valence-corrected chi connectivity index (χ2v) is 4.07. The maximum absolute atomic E-state index is 11.6. The minimum atomic E-state index is -0.672. The van der Waals surface area contributed by atoms with Crippen LogP contribution < -0.4 is 5.32 Å². The topological polar surface area (TPSA) is 52.9 Å². The number of carbonyl (C=O) groups excluding carboxylic acids is 1. The number of rotatable bonds is 2. The molecule has 2 aliphatic rings. The Morgan fingerprint density at radius 3 is 2.85 bits per heavy atom. The van der Waals surface area contributed by atoms with Crippen molar-refractivity contribution in [2.45, 2.75) is 26.2 Å². The van der Waals surface area contributed by atoms with Gasteiger partial charge in [-0.25, -0.2) is 0 Å². The van der Waals surface area contributed by atoms with Crippen LogP contribution in [0.15, 0.2) is 0 Å². The van der Waals surface area contributed by atoms with Crippen LogP contribution in [0, 0.1) is 28.6 Å². The highest BCUT2D eigenvalue weighted by Gasteiger charge is 2.58. The summed E-state index contributed by atoms with van der Waals surface area (Å²) in [5, 5.41) is 12.0. The monoisotopic (exact) mass is 178 g/mol. The van der Waals surface area contributed by atoms with Crippen molar-refractivity contribution in [2.75, 3.05) is 6.54 Å². The molecule has 2 rings (SSSR count). The molecule has 0 spiro atoms. The third kappa shape index (κ3) is 0.980. The van der Waals surface area contributed by atoms with E-state index in [9.17, 15) is 10.1 Å². The number of hydrogen-bond acceptors (Lipinski definition) is 2. The maximum atomic E-state index is 11.6. The van der Waals surface area contributed by atoms with Gasteiger partial charge >= 0.3 is 0 Å². The van der Waals surface area contributed by atoms with Gasteiger partial charge in [0, 0.05) is 12.5 Å². The van der Waals surface area contributed by atoms with E-state index in [1.807, 2.05) is 0 Å². The Morgan fingerprint density at radius 1 is 1.69 bits per heavy atom. The standard InChI is InChI=1S/C10H14N2O/c1-2-7-5-12-9(13)10(7,6-11)8-3-4-8/h7-8H,2-5H2,1H3,(H,12,13)/t7-,10+/m0/s1. The van der Waals surface area contributed by atoms with Crippen molar-refractivity contribution in [3.63, 3.8) is 0 Å². The lowest BCUT2D eigenvalue weighted by molar-refractivity contribution is -0.127. The Bertz CT molecular complexity index is 277. The summed E-state index contributed by atoms with van der Waals surface area (Å²) < 4.78 is 0. The molecule has 13 heavy (non-hydrogen) atoms. The average Bonchev–Trinajstić information content (AvgIpc) is 2.92. The molecule has 1 aliphatic heterocycles. The molecular formula is C10H14N2O. The van der Waals surface area contributed by atoms with Crippen molar-refractivity contribution in [3.05, 3.63) is 0 Å². The number of hydrogen-bond donors (Lipinski definition) is 1. The maximum Gasteiger partial charge on any atom is 0.241 e. The van der Waals surface area contributed by atoms with Gasteiger partial charge in [-0.1, -0.05) is 6.92 Å². The molecule has 1 saturated carbocycles. The van der Waals surface area contributed by atoms with Gasteiger partial charge in [0.2, 0.25) is 5.91 Å². The quantitative estimate of drug-likeness (QED) is 0.687. The lowest BCUT2D eigenvalue weighted by Crippen LogP contribution is -2.35. The normalized spacial score (nSPS) is 38.5. The summed E-state index contributed by atoms with van der Waals surface area (Å²) in [6.07, 6.45) is 3.03. The average molecular weight is 178 g/mol. The zero-order valence-corrected chi connectivity index (χ0v) is 7.84. The molecule has 1 heterocycles. The Morgan fingerprint density at radius 2 is 2.38 bits per heavy atom. The van der Waals surface area contributed by atoms with Crippen molar-refractivity contribution in [1.82, 2.24) is 5.32 Å². The predicted octanol–water partition coefficient (Wildman–Crippen LogP) is 1.06. The summed E-state index contributed by atoms with van der Waals surface area (Å²) in [6.45, 7) is 2.75. The molecule has 0 aromatic carbocycles. The molecular weight excluding hydrogens is 164 g/mol. The van der Waals surface area contributed by atoms with Crippen molar-refractivity contribution in [3.8, 4) is 6.07 Å². The highest BCUT2D eigenvalue weighted by atomic mass is 16.2. The molecule has 1 aliphatic carbocycles. The lowest BCUT2D eigenvalue weighted by Gasteiger charge is -2.23. The van der Waals surface area contributed by atoms with Gasteiger partial charge in [0.05, 0.1) is 6.07 Å². The molecule has 2 atom stereocenters. The van der Waals surface area contributed by atoms with Crippen molar-refractivity contribution in [1.29, 1.82) is 5.26 Å². The highest BCUT2D eigenvalue weighted by Crippen LogP contribution is 2.52. The third-order valence-corrected chi connectivity index (χ3v) is 3.43. The van der Waals surface area contributed by atoms with Gasteiger partial charge < -0.3 is 5.32 Å². The zero-order chi connectivity index (χ0) is 9.47. The fraction of sp³-hybridized carbons (Fsp3) is 0.800. The molecule has 1 N–H and O–H groups in total. The summed E-state index contributed by atoms with van der Waals surface area (Å²) in [4.78, 5) is 11.6. The number of nitriles is 1. The Kier molecular flexibility index (Phi) is 1.80. The predicted molar refractivity (Wildman–Crippen MR) is 47.6 cm³/mol. The van der Waals surface area contributed by atoms with Gasteiger partial charge in [-0.2, -0.15) is 5.26 Å². The summed E-state index contributed by atoms with van der Waals surface area (Å²) >= 11 is 0. The fourth-order valence-corrected chi connectivity index (χ4v) is 2.47. The molecule has 0 radical (unpaired) electrons. The van der Waals surface area contributed by atoms with Gasteiger partial charge in [-0.3, -0.25) is 4.79 Å². The van der Waals surface area contributed by atoms with Gasteiger partial charge in [-0.05, 0) is 25.2 Å². The first-order chi connectivity index (χ1) is 6.25. The first kappa shape index (κ1) is 8.55. The molecule has 3 nitrogen and oxygen atoms in total. The van der Waals surface area contributed by atoms with Crippen LogP contribution in [-0.2, 0) is 4.79 Å². The smallest absolute Gasteiger partial charge is 0.241 e. The minimum Gasteiger partial charge on any atom is -0.354 e. The van der Waals surface area contributed by atoms with E-state index in [1.54, 1.807) is 0 Å². The van der Waals surface area contributed by atoms with E-state index < -0.39 is 5.41 Å². The molecule has 0 aromatic heterocycles. The van der Waals surface area contributed by atoms with Crippen molar-refractivity contribution < 1.29 is 4.79 Å². The molecule has 3 heteroatoms. The van der Waals surface area contributed by atoms with E-state index in [2.05, 4.69) is 18.3 Å². The van der Waals surface area contributed by atoms with E-state index in [0.717, 1.165) is 19.3 Å². The molecule has 1 saturated heterocycles. The molecule has 0 bridgehead atoms. The molecule has 70 valence electrons. The SMILES string of the molecule is CC[C@H]1CNC(=O)[C@@]1(C#N)C1CC1. The lowest BCUT2D eigenvalue weighted by atomic mass is 9.73. The van der Waals surface area contributed by atoms with Crippen LogP contribution >= 0.6 is 0 Å². The van der Waals surface area contributed by atoms with Crippen LogP contribution in [0.5, 0.6) is 0 Å². The Hall–Kier alpha value is -1.04. The Labute approximate surface area is 78.1 Å². The molecule has 2 fully saturated rings. The van der Waals surface area contributed by atoms with Gasteiger partial charge in [0.1, 0.15) is 5.41 Å². The van der Waals surface area contributed by atoms with Crippen LogP contribution in [-0.4, -0.2) is 12.5 Å². The Balaban J connectivity index is 2.33. The number of carbonyl (C=O) groups is 1. The van der Waals surface area contributed by atoms with Gasteiger partial charge in [0.25, 0.3) is 0 Å². The third-order valence-electron chi connectivity index (χ3n) is 3.43. The van der Waals surface area contributed by atoms with Crippen LogP contribution in [0.4, 0.5) is 0 Å². The van der Waals surface area contributed by atoms with Gasteiger partial charge in [-0.15, -0.1) is 0 Å².